The molecule has 0 bridgehead atoms. The minimum Gasteiger partial charge on any atom is -0.486 e. The number of nitrogens with zero attached hydrogens (tertiary/aromatic N) is 3. The van der Waals surface area contributed by atoms with Crippen molar-refractivity contribution in [1.29, 1.82) is 0 Å². The number of hydrogen-bond donors (Lipinski definition) is 0. The Bertz CT molecular complexity index is 772. The molecule has 2 aliphatic heterocycles. The molecule has 2 aliphatic rings. The van der Waals surface area contributed by atoms with Crippen molar-refractivity contribution in [3.05, 3.63) is 47.9 Å². The van der Waals surface area contributed by atoms with Gasteiger partial charge in [0.25, 0.3) is 5.91 Å². The van der Waals surface area contributed by atoms with E-state index in [0.29, 0.717) is 11.5 Å². The zero-order valence-electron chi connectivity index (χ0n) is 15.9. The van der Waals surface area contributed by atoms with Gasteiger partial charge in [-0.05, 0) is 51.4 Å². The molecular weight excluding hydrogens is 342 g/mol. The minimum absolute atomic E-state index is 0.0305. The molecule has 2 aromatic rings. The molecule has 1 atom stereocenters. The van der Waals surface area contributed by atoms with Crippen molar-refractivity contribution in [3.8, 4) is 5.75 Å². The Morgan fingerprint density at radius 2 is 1.96 bits per heavy atom. The van der Waals surface area contributed by atoms with Gasteiger partial charge in [0.15, 0.2) is 11.5 Å². The molecule has 1 spiro atoms. The number of para-hydroxylation sites is 1. The van der Waals surface area contributed by atoms with Gasteiger partial charge in [-0.1, -0.05) is 23.4 Å². The van der Waals surface area contributed by atoms with Crippen molar-refractivity contribution in [1.82, 2.24) is 15.0 Å². The molecule has 2 saturated heterocycles. The first-order valence-electron chi connectivity index (χ1n) is 9.75. The SMILES string of the molecule is CN1CCC[C@]2(CCCN(C(=O)c3cc(COc4ccccc4)on3)C2)C1. The van der Waals surface area contributed by atoms with E-state index in [1.165, 1.54) is 19.3 Å². The van der Waals surface area contributed by atoms with Crippen LogP contribution < -0.4 is 4.74 Å². The third-order valence-corrected chi connectivity index (χ3v) is 5.70. The molecule has 1 amide bonds. The quantitative estimate of drug-likeness (QED) is 0.828. The number of amides is 1. The molecule has 0 saturated carbocycles. The van der Waals surface area contributed by atoms with Crippen LogP contribution in [0.4, 0.5) is 0 Å². The molecule has 1 aromatic heterocycles. The van der Waals surface area contributed by atoms with Gasteiger partial charge in [0.05, 0.1) is 0 Å². The number of aromatic nitrogens is 1. The van der Waals surface area contributed by atoms with Crippen molar-refractivity contribution in [2.24, 2.45) is 5.41 Å². The van der Waals surface area contributed by atoms with Crippen LogP contribution in [0.25, 0.3) is 0 Å². The number of hydrogen-bond acceptors (Lipinski definition) is 5. The van der Waals surface area contributed by atoms with E-state index in [0.717, 1.165) is 38.3 Å². The second-order valence-corrected chi connectivity index (χ2v) is 7.95. The molecule has 27 heavy (non-hydrogen) atoms. The van der Waals surface area contributed by atoms with Crippen LogP contribution in [-0.4, -0.2) is 54.1 Å². The normalized spacial score (nSPS) is 23.5. The lowest BCUT2D eigenvalue weighted by atomic mass is 9.74. The summed E-state index contributed by atoms with van der Waals surface area (Å²) < 4.78 is 11.0. The lowest BCUT2D eigenvalue weighted by Gasteiger charge is -2.47. The van der Waals surface area contributed by atoms with Gasteiger partial charge in [-0.15, -0.1) is 0 Å². The molecule has 4 rings (SSSR count). The van der Waals surface area contributed by atoms with Crippen molar-refractivity contribution in [2.45, 2.75) is 32.3 Å². The smallest absolute Gasteiger partial charge is 0.276 e. The summed E-state index contributed by atoms with van der Waals surface area (Å²) >= 11 is 0. The fourth-order valence-corrected chi connectivity index (χ4v) is 4.48. The van der Waals surface area contributed by atoms with E-state index in [4.69, 9.17) is 9.26 Å². The molecular formula is C21H27N3O3. The second kappa shape index (κ2) is 7.72. The minimum atomic E-state index is -0.0305. The Morgan fingerprint density at radius 3 is 2.74 bits per heavy atom. The Kier molecular flexibility index (Phi) is 5.16. The highest BCUT2D eigenvalue weighted by Crippen LogP contribution is 2.38. The van der Waals surface area contributed by atoms with Crippen LogP contribution >= 0.6 is 0 Å². The molecule has 6 nitrogen and oxygen atoms in total. The van der Waals surface area contributed by atoms with Crippen molar-refractivity contribution in [3.63, 3.8) is 0 Å². The van der Waals surface area contributed by atoms with Gasteiger partial charge >= 0.3 is 0 Å². The average Bonchev–Trinajstić information content (AvgIpc) is 3.15. The predicted molar refractivity (Wildman–Crippen MR) is 102 cm³/mol. The maximum absolute atomic E-state index is 12.9. The average molecular weight is 369 g/mol. The number of carbonyl (C=O) groups excluding carboxylic acids is 1. The first-order valence-corrected chi connectivity index (χ1v) is 9.75. The fourth-order valence-electron chi connectivity index (χ4n) is 4.48. The van der Waals surface area contributed by atoms with Crippen LogP contribution in [0.2, 0.25) is 0 Å². The summed E-state index contributed by atoms with van der Waals surface area (Å²) in [7, 11) is 2.18. The molecule has 0 aliphatic carbocycles. The van der Waals surface area contributed by atoms with Crippen molar-refractivity contribution in [2.75, 3.05) is 33.2 Å². The molecule has 1 aromatic carbocycles. The number of ether oxygens (including phenoxy) is 1. The van der Waals surface area contributed by atoms with Gasteiger partial charge in [0.2, 0.25) is 0 Å². The van der Waals surface area contributed by atoms with Gasteiger partial charge < -0.3 is 19.1 Å². The highest BCUT2D eigenvalue weighted by molar-refractivity contribution is 5.92. The molecule has 6 heteroatoms. The second-order valence-electron chi connectivity index (χ2n) is 7.95. The summed E-state index contributed by atoms with van der Waals surface area (Å²) in [4.78, 5) is 17.3. The van der Waals surface area contributed by atoms with E-state index < -0.39 is 0 Å². The predicted octanol–water partition coefficient (Wildman–Crippen LogP) is 3.20. The lowest BCUT2D eigenvalue weighted by Crippen LogP contribution is -2.52. The Balaban J connectivity index is 1.38. The van der Waals surface area contributed by atoms with Crippen LogP contribution in [0, 0.1) is 5.41 Å². The number of benzene rings is 1. The molecule has 0 N–H and O–H groups in total. The molecule has 0 radical (unpaired) electrons. The van der Waals surface area contributed by atoms with Crippen LogP contribution in [0.15, 0.2) is 40.9 Å². The highest BCUT2D eigenvalue weighted by atomic mass is 16.5. The maximum Gasteiger partial charge on any atom is 0.276 e. The summed E-state index contributed by atoms with van der Waals surface area (Å²) in [5.74, 6) is 1.30. The van der Waals surface area contributed by atoms with Gasteiger partial charge in [-0.25, -0.2) is 0 Å². The lowest BCUT2D eigenvalue weighted by molar-refractivity contribution is 0.0201. The third kappa shape index (κ3) is 4.16. The summed E-state index contributed by atoms with van der Waals surface area (Å²) in [5.41, 5.74) is 0.618. The Hall–Kier alpha value is -2.34. The Morgan fingerprint density at radius 1 is 1.19 bits per heavy atom. The number of carbonyl (C=O) groups is 1. The first kappa shape index (κ1) is 18.0. The zero-order valence-corrected chi connectivity index (χ0v) is 15.9. The van der Waals surface area contributed by atoms with E-state index in [1.54, 1.807) is 6.07 Å². The third-order valence-electron chi connectivity index (χ3n) is 5.70. The Labute approximate surface area is 160 Å². The van der Waals surface area contributed by atoms with E-state index in [9.17, 15) is 4.79 Å². The topological polar surface area (TPSA) is 58.8 Å². The van der Waals surface area contributed by atoms with Crippen molar-refractivity contribution < 1.29 is 14.1 Å². The molecule has 2 fully saturated rings. The number of piperidine rings is 2. The van der Waals surface area contributed by atoms with Crippen LogP contribution in [0.1, 0.15) is 41.9 Å². The fraction of sp³-hybridized carbons (Fsp3) is 0.524. The summed E-state index contributed by atoms with van der Waals surface area (Å²) in [5, 5.41) is 4.00. The largest absolute Gasteiger partial charge is 0.486 e. The van der Waals surface area contributed by atoms with E-state index >= 15 is 0 Å². The van der Waals surface area contributed by atoms with E-state index in [1.807, 2.05) is 35.2 Å². The first-order chi connectivity index (χ1) is 13.1. The molecule has 144 valence electrons. The van der Waals surface area contributed by atoms with E-state index in [2.05, 4.69) is 17.1 Å². The van der Waals surface area contributed by atoms with Crippen LogP contribution in [0.3, 0.4) is 0 Å². The van der Waals surface area contributed by atoms with Gasteiger partial charge in [0, 0.05) is 31.1 Å². The van der Waals surface area contributed by atoms with Crippen LogP contribution in [0.5, 0.6) is 5.75 Å². The number of likely N-dealkylation sites (tertiary alicyclic amines) is 2. The van der Waals surface area contributed by atoms with Crippen LogP contribution in [-0.2, 0) is 6.61 Å². The summed E-state index contributed by atoms with van der Waals surface area (Å²) in [6, 6.07) is 11.2. The standard InChI is InChI=1S/C21H27N3O3/c1-23-11-5-9-21(15-23)10-6-12-24(16-21)20(25)19-13-18(27-22-19)14-26-17-7-3-2-4-8-17/h2-4,7-8,13H,5-6,9-12,14-16H2,1H3/t21-/m0/s1. The number of rotatable bonds is 4. The maximum atomic E-state index is 12.9. The van der Waals surface area contributed by atoms with Gasteiger partial charge in [0.1, 0.15) is 12.4 Å². The van der Waals surface area contributed by atoms with Gasteiger partial charge in [-0.2, -0.15) is 0 Å². The zero-order chi connectivity index (χ0) is 18.7. The molecule has 3 heterocycles. The summed E-state index contributed by atoms with van der Waals surface area (Å²) in [6.07, 6.45) is 4.68. The van der Waals surface area contributed by atoms with Crippen molar-refractivity contribution >= 4 is 5.91 Å². The highest BCUT2D eigenvalue weighted by Gasteiger charge is 2.40. The summed E-state index contributed by atoms with van der Waals surface area (Å²) in [6.45, 7) is 4.11. The van der Waals surface area contributed by atoms with E-state index in [-0.39, 0.29) is 17.9 Å². The monoisotopic (exact) mass is 369 g/mol. The molecule has 0 unspecified atom stereocenters. The van der Waals surface area contributed by atoms with Gasteiger partial charge in [-0.3, -0.25) is 4.79 Å².